The van der Waals surface area contributed by atoms with Gasteiger partial charge in [-0.05, 0) is 39.7 Å². The molecule has 0 bridgehead atoms. The second-order valence-corrected chi connectivity index (χ2v) is 17.7. The minimum Gasteiger partial charge on any atom is -0.491 e. The molecule has 0 unspecified atom stereocenters. The van der Waals surface area contributed by atoms with E-state index >= 15 is 0 Å². The molecule has 0 saturated heterocycles. The molecule has 0 atom stereocenters. The molecule has 0 aromatic heterocycles. The molecule has 0 fully saturated rings. The number of anilines is 1. The topological polar surface area (TPSA) is 128 Å². The van der Waals surface area contributed by atoms with Gasteiger partial charge in [-0.25, -0.2) is 0 Å². The Morgan fingerprint density at radius 2 is 0.673 bits per heavy atom. The summed E-state index contributed by atoms with van der Waals surface area (Å²) in [6.45, 7) is 16.9. The average molecular weight is 788 g/mol. The summed E-state index contributed by atoms with van der Waals surface area (Å²) in [5.41, 5.74) is 6.36. The van der Waals surface area contributed by atoms with E-state index in [1.807, 2.05) is 12.1 Å². The molecule has 55 heavy (non-hydrogen) atoms. The minimum atomic E-state index is -2.54. The molecule has 3 aromatic carbocycles. The Kier molecular flexibility index (Phi) is 24.8. The van der Waals surface area contributed by atoms with Crippen molar-refractivity contribution in [1.29, 1.82) is 0 Å². The number of hydrogen-bond acceptors (Lipinski definition) is 12. The fourth-order valence-corrected chi connectivity index (χ4v) is 10.2. The standard InChI is InChI=1S/C42H65NO11Si/c1-42(2,3)55(40-10-6-4-7-11-40,41-12-8-5-9-13-41)54-37-35-52-33-31-50-29-27-48-25-23-46-21-19-44-18-20-45-22-24-47-26-28-49-30-32-51-34-36-53-39-16-14-38(43)15-17-39/h4-17H,18-37,43H2,1-3H3. The summed E-state index contributed by atoms with van der Waals surface area (Å²) in [4.78, 5) is 0. The van der Waals surface area contributed by atoms with Crippen molar-refractivity contribution in [3.05, 3.63) is 84.9 Å². The van der Waals surface area contributed by atoms with Crippen LogP contribution in [0.15, 0.2) is 84.9 Å². The van der Waals surface area contributed by atoms with Crippen LogP contribution >= 0.6 is 0 Å². The predicted molar refractivity (Wildman–Crippen MR) is 217 cm³/mol. The average Bonchev–Trinajstić information content (AvgIpc) is 3.19. The number of hydrogen-bond donors (Lipinski definition) is 1. The zero-order valence-corrected chi connectivity index (χ0v) is 34.3. The highest BCUT2D eigenvalue weighted by molar-refractivity contribution is 6.99. The van der Waals surface area contributed by atoms with Crippen molar-refractivity contribution in [2.75, 3.05) is 138 Å². The summed E-state index contributed by atoms with van der Waals surface area (Å²) in [6.07, 6.45) is 0. The molecule has 0 aliphatic rings. The van der Waals surface area contributed by atoms with Crippen molar-refractivity contribution in [2.45, 2.75) is 25.8 Å². The van der Waals surface area contributed by atoms with Crippen molar-refractivity contribution < 1.29 is 51.8 Å². The summed E-state index contributed by atoms with van der Waals surface area (Å²) in [5, 5.41) is 2.47. The van der Waals surface area contributed by atoms with Gasteiger partial charge in [0, 0.05) is 5.69 Å². The van der Waals surface area contributed by atoms with E-state index in [4.69, 9.17) is 57.5 Å². The van der Waals surface area contributed by atoms with Crippen LogP contribution in [0.2, 0.25) is 5.04 Å². The van der Waals surface area contributed by atoms with Gasteiger partial charge < -0.3 is 57.5 Å². The molecule has 0 amide bonds. The second-order valence-electron chi connectivity index (χ2n) is 13.4. The zero-order valence-electron chi connectivity index (χ0n) is 33.3. The van der Waals surface area contributed by atoms with E-state index in [0.717, 1.165) is 5.75 Å². The minimum absolute atomic E-state index is 0.0578. The highest BCUT2D eigenvalue weighted by Gasteiger charge is 2.50. The fraction of sp³-hybridized carbons (Fsp3) is 0.571. The molecule has 3 rings (SSSR count). The van der Waals surface area contributed by atoms with Gasteiger partial charge in [0.15, 0.2) is 0 Å². The lowest BCUT2D eigenvalue weighted by Gasteiger charge is -2.43. The molecular formula is C42H65NO11Si. The van der Waals surface area contributed by atoms with E-state index in [-0.39, 0.29) is 5.04 Å². The number of nitrogen functional groups attached to an aromatic ring is 1. The molecule has 2 N–H and O–H groups in total. The summed E-state index contributed by atoms with van der Waals surface area (Å²) in [6, 6.07) is 28.6. The summed E-state index contributed by atoms with van der Waals surface area (Å²) in [5.74, 6) is 0.772. The lowest BCUT2D eigenvalue weighted by Crippen LogP contribution is -2.66. The van der Waals surface area contributed by atoms with Crippen LogP contribution in [0.5, 0.6) is 5.75 Å². The van der Waals surface area contributed by atoms with Gasteiger partial charge >= 0.3 is 0 Å². The van der Waals surface area contributed by atoms with E-state index in [1.54, 1.807) is 12.1 Å². The van der Waals surface area contributed by atoms with Crippen LogP contribution in [0.25, 0.3) is 0 Å². The van der Waals surface area contributed by atoms with Crippen molar-refractivity contribution >= 4 is 24.4 Å². The van der Waals surface area contributed by atoms with Crippen molar-refractivity contribution in [1.82, 2.24) is 0 Å². The number of rotatable bonds is 34. The molecule has 0 heterocycles. The van der Waals surface area contributed by atoms with Crippen LogP contribution in [-0.4, -0.2) is 140 Å². The van der Waals surface area contributed by atoms with Gasteiger partial charge in [-0.1, -0.05) is 81.4 Å². The first-order chi connectivity index (χ1) is 26.9. The van der Waals surface area contributed by atoms with Crippen LogP contribution in [0.4, 0.5) is 5.69 Å². The first-order valence-electron chi connectivity index (χ1n) is 19.4. The quantitative estimate of drug-likeness (QED) is 0.0525. The molecule has 0 aliphatic heterocycles. The van der Waals surface area contributed by atoms with Crippen LogP contribution in [0, 0.1) is 0 Å². The van der Waals surface area contributed by atoms with Crippen molar-refractivity contribution in [2.24, 2.45) is 0 Å². The van der Waals surface area contributed by atoms with Gasteiger partial charge in [0.05, 0.1) is 126 Å². The third-order valence-corrected chi connectivity index (χ3v) is 13.4. The van der Waals surface area contributed by atoms with Gasteiger partial charge in [-0.2, -0.15) is 0 Å². The first-order valence-corrected chi connectivity index (χ1v) is 21.3. The second kappa shape index (κ2) is 29.3. The van der Waals surface area contributed by atoms with Crippen LogP contribution in [-0.2, 0) is 47.1 Å². The molecule has 13 heteroatoms. The lowest BCUT2D eigenvalue weighted by molar-refractivity contribution is -0.0257. The van der Waals surface area contributed by atoms with E-state index in [1.165, 1.54) is 10.4 Å². The van der Waals surface area contributed by atoms with E-state index in [9.17, 15) is 0 Å². The maximum Gasteiger partial charge on any atom is 0.261 e. The van der Waals surface area contributed by atoms with Crippen LogP contribution < -0.4 is 20.8 Å². The highest BCUT2D eigenvalue weighted by Crippen LogP contribution is 2.36. The Morgan fingerprint density at radius 3 is 0.982 bits per heavy atom. The Morgan fingerprint density at radius 1 is 0.382 bits per heavy atom. The molecule has 12 nitrogen and oxygen atoms in total. The Balaban J connectivity index is 1.02. The number of benzene rings is 3. The third kappa shape index (κ3) is 19.7. The zero-order chi connectivity index (χ0) is 39.1. The normalized spacial score (nSPS) is 12.0. The Hall–Kier alpha value is -2.92. The fourth-order valence-electron chi connectivity index (χ4n) is 5.66. The molecule has 308 valence electrons. The lowest BCUT2D eigenvalue weighted by atomic mass is 10.2. The number of ether oxygens (including phenoxy) is 10. The monoisotopic (exact) mass is 787 g/mol. The van der Waals surface area contributed by atoms with Gasteiger partial charge in [-0.3, -0.25) is 0 Å². The molecule has 0 saturated carbocycles. The van der Waals surface area contributed by atoms with Crippen LogP contribution in [0.3, 0.4) is 0 Å². The Bertz CT molecular complexity index is 1280. The molecule has 0 aliphatic carbocycles. The van der Waals surface area contributed by atoms with Gasteiger partial charge in [0.1, 0.15) is 12.4 Å². The van der Waals surface area contributed by atoms with Gasteiger partial charge in [-0.15, -0.1) is 0 Å². The van der Waals surface area contributed by atoms with Crippen molar-refractivity contribution in [3.8, 4) is 5.75 Å². The summed E-state index contributed by atoms with van der Waals surface area (Å²) in [7, 11) is -2.54. The van der Waals surface area contributed by atoms with Gasteiger partial charge in [0.25, 0.3) is 8.32 Å². The summed E-state index contributed by atoms with van der Waals surface area (Å²) >= 11 is 0. The summed E-state index contributed by atoms with van der Waals surface area (Å²) < 4.78 is 62.6. The highest BCUT2D eigenvalue weighted by atomic mass is 28.4. The number of nitrogens with two attached hydrogens (primary N) is 1. The van der Waals surface area contributed by atoms with E-state index in [2.05, 4.69) is 81.4 Å². The smallest absolute Gasteiger partial charge is 0.261 e. The maximum atomic E-state index is 6.85. The van der Waals surface area contributed by atoms with Crippen molar-refractivity contribution in [3.63, 3.8) is 0 Å². The van der Waals surface area contributed by atoms with E-state index < -0.39 is 8.32 Å². The maximum absolute atomic E-state index is 6.85. The molecule has 0 spiro atoms. The SMILES string of the molecule is CC(C)(C)[Si](OCCOCCOCCOCCOCCOCCOCCOCCOCCOCCOc1ccc(N)cc1)(c1ccccc1)c1ccccc1. The van der Waals surface area contributed by atoms with Crippen LogP contribution in [0.1, 0.15) is 20.8 Å². The predicted octanol–water partition coefficient (Wildman–Crippen LogP) is 4.37. The largest absolute Gasteiger partial charge is 0.491 e. The van der Waals surface area contributed by atoms with Gasteiger partial charge in [0.2, 0.25) is 0 Å². The Labute approximate surface area is 329 Å². The van der Waals surface area contributed by atoms with E-state index in [0.29, 0.717) is 138 Å². The third-order valence-electron chi connectivity index (χ3n) is 8.32. The molecular weight excluding hydrogens is 723 g/mol. The first kappa shape index (κ1) is 46.5. The molecule has 0 radical (unpaired) electrons. The molecule has 3 aromatic rings.